The Morgan fingerprint density at radius 3 is 2.75 bits per heavy atom. The molecule has 3 rings (SSSR count). The van der Waals surface area contributed by atoms with E-state index in [1.54, 1.807) is 17.4 Å². The molecule has 102 valence electrons. The second kappa shape index (κ2) is 5.16. The van der Waals surface area contributed by atoms with E-state index in [-0.39, 0.29) is 5.91 Å². The number of thiazole rings is 1. The van der Waals surface area contributed by atoms with Crippen LogP contribution in [0.4, 0.5) is 5.13 Å². The fraction of sp³-hybridized carbons (Fsp3) is 0.143. The fourth-order valence-corrected chi connectivity index (χ4v) is 4.03. The van der Waals surface area contributed by atoms with Gasteiger partial charge in [-0.2, -0.15) is 0 Å². The smallest absolute Gasteiger partial charge is 0.258 e. The summed E-state index contributed by atoms with van der Waals surface area (Å²) >= 11 is 8.99. The summed E-state index contributed by atoms with van der Waals surface area (Å²) in [5, 5.41) is 4.12. The standard InChI is InChI=1S/C14H11ClN2OS2/c1-7-5-10(8(2)19-7)13(18)17-14-16-11-4-3-9(15)6-12(11)20-14/h3-6H,1-2H3,(H,16,17,18). The van der Waals surface area contributed by atoms with Gasteiger partial charge in [0, 0.05) is 14.8 Å². The van der Waals surface area contributed by atoms with Gasteiger partial charge in [0.15, 0.2) is 5.13 Å². The maximum atomic E-state index is 12.2. The van der Waals surface area contributed by atoms with Crippen molar-refractivity contribution in [1.29, 1.82) is 0 Å². The molecule has 0 radical (unpaired) electrons. The minimum absolute atomic E-state index is 0.114. The molecule has 0 unspecified atom stereocenters. The molecule has 0 fully saturated rings. The number of fused-ring (bicyclic) bond motifs is 1. The second-order valence-corrected chi connectivity index (χ2v) is 7.34. The van der Waals surface area contributed by atoms with Gasteiger partial charge in [-0.1, -0.05) is 22.9 Å². The van der Waals surface area contributed by atoms with Crippen LogP contribution in [0.1, 0.15) is 20.1 Å². The number of thiophene rings is 1. The highest BCUT2D eigenvalue weighted by atomic mass is 35.5. The molecule has 0 bridgehead atoms. The summed E-state index contributed by atoms with van der Waals surface area (Å²) in [6.45, 7) is 3.94. The summed E-state index contributed by atoms with van der Waals surface area (Å²) in [6, 6.07) is 7.40. The Morgan fingerprint density at radius 2 is 2.05 bits per heavy atom. The van der Waals surface area contributed by atoms with Gasteiger partial charge < -0.3 is 0 Å². The van der Waals surface area contributed by atoms with Gasteiger partial charge in [0.1, 0.15) is 0 Å². The van der Waals surface area contributed by atoms with Crippen molar-refractivity contribution in [1.82, 2.24) is 4.98 Å². The molecule has 6 heteroatoms. The summed E-state index contributed by atoms with van der Waals surface area (Å²) in [7, 11) is 0. The van der Waals surface area contributed by atoms with E-state index >= 15 is 0 Å². The molecule has 0 aliphatic heterocycles. The van der Waals surface area contributed by atoms with Crippen LogP contribution < -0.4 is 5.32 Å². The first-order valence-electron chi connectivity index (χ1n) is 5.97. The molecule has 2 aromatic heterocycles. The number of hydrogen-bond acceptors (Lipinski definition) is 4. The molecule has 1 amide bonds. The van der Waals surface area contributed by atoms with Crippen LogP contribution in [0.5, 0.6) is 0 Å². The lowest BCUT2D eigenvalue weighted by Crippen LogP contribution is -2.11. The average molecular weight is 323 g/mol. The molecule has 3 nitrogen and oxygen atoms in total. The third kappa shape index (κ3) is 2.57. The highest BCUT2D eigenvalue weighted by Gasteiger charge is 2.14. The number of halogens is 1. The van der Waals surface area contributed by atoms with Gasteiger partial charge in [0.2, 0.25) is 0 Å². The third-order valence-electron chi connectivity index (χ3n) is 2.86. The normalized spacial score (nSPS) is 10.9. The molecule has 0 saturated heterocycles. The van der Waals surface area contributed by atoms with Gasteiger partial charge in [-0.3, -0.25) is 10.1 Å². The van der Waals surface area contributed by atoms with Gasteiger partial charge in [-0.25, -0.2) is 4.98 Å². The molecule has 1 aromatic carbocycles. The number of rotatable bonds is 2. The number of aryl methyl sites for hydroxylation is 2. The molecule has 1 N–H and O–H groups in total. The number of nitrogens with one attached hydrogen (secondary N) is 1. The van der Waals surface area contributed by atoms with Crippen LogP contribution in [-0.2, 0) is 0 Å². The predicted octanol–water partition coefficient (Wildman–Crippen LogP) is 4.88. The van der Waals surface area contributed by atoms with Crippen molar-refractivity contribution in [3.63, 3.8) is 0 Å². The molecule has 3 aromatic rings. The molecular formula is C14H11ClN2OS2. The first-order chi connectivity index (χ1) is 9.52. The molecular weight excluding hydrogens is 312 g/mol. The summed E-state index contributed by atoms with van der Waals surface area (Å²) < 4.78 is 0.964. The van der Waals surface area contributed by atoms with E-state index in [9.17, 15) is 4.79 Å². The second-order valence-electron chi connectivity index (χ2n) is 4.41. The highest BCUT2D eigenvalue weighted by molar-refractivity contribution is 7.22. The number of anilines is 1. The van der Waals surface area contributed by atoms with E-state index in [1.807, 2.05) is 32.0 Å². The van der Waals surface area contributed by atoms with Crippen molar-refractivity contribution in [2.75, 3.05) is 5.32 Å². The summed E-state index contributed by atoms with van der Waals surface area (Å²) in [6.07, 6.45) is 0. The maximum Gasteiger partial charge on any atom is 0.258 e. The Kier molecular flexibility index (Phi) is 3.50. The first kappa shape index (κ1) is 13.5. The first-order valence-corrected chi connectivity index (χ1v) is 7.98. The van der Waals surface area contributed by atoms with Crippen LogP contribution in [0.25, 0.3) is 10.2 Å². The average Bonchev–Trinajstić information content (AvgIpc) is 2.91. The van der Waals surface area contributed by atoms with Crippen LogP contribution in [0.3, 0.4) is 0 Å². The zero-order valence-electron chi connectivity index (χ0n) is 10.9. The largest absolute Gasteiger partial charge is 0.298 e. The van der Waals surface area contributed by atoms with Crippen molar-refractivity contribution >= 4 is 55.5 Å². The lowest BCUT2D eigenvalue weighted by Gasteiger charge is -1.99. The minimum atomic E-state index is -0.114. The topological polar surface area (TPSA) is 42.0 Å². The van der Waals surface area contributed by atoms with E-state index in [0.717, 1.165) is 20.0 Å². The Morgan fingerprint density at radius 1 is 1.25 bits per heavy atom. The number of carbonyl (C=O) groups excluding carboxylic acids is 1. The molecule has 0 aliphatic rings. The Balaban J connectivity index is 1.89. The predicted molar refractivity (Wildman–Crippen MR) is 86.4 cm³/mol. The van der Waals surface area contributed by atoms with Gasteiger partial charge in [-0.15, -0.1) is 11.3 Å². The molecule has 0 aliphatic carbocycles. The number of aromatic nitrogens is 1. The number of hydrogen-bond donors (Lipinski definition) is 1. The van der Waals surface area contributed by atoms with Crippen molar-refractivity contribution in [3.05, 3.63) is 44.6 Å². The number of amides is 1. The van der Waals surface area contributed by atoms with Crippen molar-refractivity contribution < 1.29 is 4.79 Å². The summed E-state index contributed by atoms with van der Waals surface area (Å²) in [5.74, 6) is -0.114. The van der Waals surface area contributed by atoms with Gasteiger partial charge in [0.25, 0.3) is 5.91 Å². The number of carbonyl (C=O) groups is 1. The monoisotopic (exact) mass is 322 g/mol. The van der Waals surface area contributed by atoms with Gasteiger partial charge in [-0.05, 0) is 38.1 Å². The van der Waals surface area contributed by atoms with E-state index in [0.29, 0.717) is 15.7 Å². The maximum absolute atomic E-state index is 12.2. The van der Waals surface area contributed by atoms with E-state index < -0.39 is 0 Å². The SMILES string of the molecule is Cc1cc(C(=O)Nc2nc3ccc(Cl)cc3s2)c(C)s1. The fourth-order valence-electron chi connectivity index (χ4n) is 1.97. The quantitative estimate of drug-likeness (QED) is 0.730. The van der Waals surface area contributed by atoms with E-state index in [1.165, 1.54) is 11.3 Å². The van der Waals surface area contributed by atoms with Crippen LogP contribution in [0.15, 0.2) is 24.3 Å². The molecule has 0 saturated carbocycles. The van der Waals surface area contributed by atoms with Crippen molar-refractivity contribution in [2.24, 2.45) is 0 Å². The lowest BCUT2D eigenvalue weighted by atomic mass is 10.2. The lowest BCUT2D eigenvalue weighted by molar-refractivity contribution is 0.102. The highest BCUT2D eigenvalue weighted by Crippen LogP contribution is 2.29. The zero-order valence-corrected chi connectivity index (χ0v) is 13.2. The zero-order chi connectivity index (χ0) is 14.3. The van der Waals surface area contributed by atoms with Crippen LogP contribution in [0, 0.1) is 13.8 Å². The summed E-state index contributed by atoms with van der Waals surface area (Å²) in [5.41, 5.74) is 1.55. The molecule has 0 spiro atoms. The molecule has 2 heterocycles. The van der Waals surface area contributed by atoms with Crippen LogP contribution in [-0.4, -0.2) is 10.9 Å². The van der Waals surface area contributed by atoms with Crippen molar-refractivity contribution in [3.8, 4) is 0 Å². The third-order valence-corrected chi connectivity index (χ3v) is 4.99. The van der Waals surface area contributed by atoms with Gasteiger partial charge >= 0.3 is 0 Å². The number of nitrogens with zero attached hydrogens (tertiary/aromatic N) is 1. The Labute approximate surface area is 129 Å². The Hall–Kier alpha value is -1.43. The van der Waals surface area contributed by atoms with Crippen molar-refractivity contribution in [2.45, 2.75) is 13.8 Å². The van der Waals surface area contributed by atoms with E-state index in [4.69, 9.17) is 11.6 Å². The molecule has 20 heavy (non-hydrogen) atoms. The minimum Gasteiger partial charge on any atom is -0.298 e. The van der Waals surface area contributed by atoms with E-state index in [2.05, 4.69) is 10.3 Å². The van der Waals surface area contributed by atoms with Gasteiger partial charge in [0.05, 0.1) is 15.8 Å². The summed E-state index contributed by atoms with van der Waals surface area (Å²) in [4.78, 5) is 18.8. The van der Waals surface area contributed by atoms with Crippen LogP contribution in [0.2, 0.25) is 5.02 Å². The van der Waals surface area contributed by atoms with Crippen LogP contribution >= 0.6 is 34.3 Å². The number of benzene rings is 1. The Bertz CT molecular complexity index is 807. The molecule has 0 atom stereocenters.